The standard InChI is InChI=1S/C14H22N2O3S/c1-11-9-13(10-12(2)14(11)20(15,17)18)19-8-7-16-5-3-4-6-16/h9-10H,3-8H2,1-2H3,(H2,15,17,18). The number of nitrogens with two attached hydrogens (primary N) is 1. The van der Waals surface area contributed by atoms with Gasteiger partial charge in [0, 0.05) is 6.54 Å². The van der Waals surface area contributed by atoms with Gasteiger partial charge in [-0.15, -0.1) is 0 Å². The van der Waals surface area contributed by atoms with Gasteiger partial charge in [0.1, 0.15) is 12.4 Å². The van der Waals surface area contributed by atoms with Crippen LogP contribution in [-0.4, -0.2) is 39.6 Å². The molecule has 0 aromatic heterocycles. The van der Waals surface area contributed by atoms with E-state index in [-0.39, 0.29) is 4.90 Å². The zero-order valence-corrected chi connectivity index (χ0v) is 12.9. The van der Waals surface area contributed by atoms with Gasteiger partial charge in [0.25, 0.3) is 0 Å². The maximum atomic E-state index is 11.5. The first-order valence-electron chi connectivity index (χ1n) is 6.87. The summed E-state index contributed by atoms with van der Waals surface area (Å²) in [6.45, 7) is 7.29. The van der Waals surface area contributed by atoms with E-state index in [1.54, 1.807) is 26.0 Å². The van der Waals surface area contributed by atoms with Crippen molar-refractivity contribution in [2.75, 3.05) is 26.2 Å². The summed E-state index contributed by atoms with van der Waals surface area (Å²) >= 11 is 0. The highest BCUT2D eigenvalue weighted by Gasteiger charge is 2.16. The van der Waals surface area contributed by atoms with Gasteiger partial charge in [0.15, 0.2) is 0 Å². The van der Waals surface area contributed by atoms with Crippen molar-refractivity contribution in [3.63, 3.8) is 0 Å². The van der Waals surface area contributed by atoms with Crippen molar-refractivity contribution in [2.45, 2.75) is 31.6 Å². The predicted molar refractivity (Wildman–Crippen MR) is 78.5 cm³/mol. The number of hydrogen-bond donors (Lipinski definition) is 1. The normalized spacial score (nSPS) is 16.6. The number of likely N-dealkylation sites (tertiary alicyclic amines) is 1. The van der Waals surface area contributed by atoms with Gasteiger partial charge in [-0.05, 0) is 63.0 Å². The molecule has 5 nitrogen and oxygen atoms in total. The predicted octanol–water partition coefficient (Wildman–Crippen LogP) is 1.43. The van der Waals surface area contributed by atoms with Crippen molar-refractivity contribution < 1.29 is 13.2 Å². The molecule has 1 aromatic rings. The molecule has 1 aliphatic heterocycles. The number of benzene rings is 1. The molecule has 0 unspecified atom stereocenters. The number of hydrogen-bond acceptors (Lipinski definition) is 4. The Kier molecular flexibility index (Phi) is 4.67. The molecule has 0 aliphatic carbocycles. The molecule has 1 aromatic carbocycles. The molecule has 0 radical (unpaired) electrons. The molecule has 1 heterocycles. The molecule has 0 bridgehead atoms. The van der Waals surface area contributed by atoms with Crippen molar-refractivity contribution >= 4 is 10.0 Å². The zero-order chi connectivity index (χ0) is 14.8. The third-order valence-electron chi connectivity index (χ3n) is 3.59. The fraction of sp³-hybridized carbons (Fsp3) is 0.571. The molecular weight excluding hydrogens is 276 g/mol. The lowest BCUT2D eigenvalue weighted by Gasteiger charge is -2.16. The Hall–Kier alpha value is -1.11. The van der Waals surface area contributed by atoms with Gasteiger partial charge >= 0.3 is 0 Å². The minimum Gasteiger partial charge on any atom is -0.492 e. The van der Waals surface area contributed by atoms with Crippen LogP contribution < -0.4 is 9.88 Å². The number of nitrogens with zero attached hydrogens (tertiary/aromatic N) is 1. The highest BCUT2D eigenvalue weighted by Crippen LogP contribution is 2.24. The Morgan fingerprint density at radius 3 is 2.25 bits per heavy atom. The first-order valence-corrected chi connectivity index (χ1v) is 8.42. The topological polar surface area (TPSA) is 72.6 Å². The minimum atomic E-state index is -3.68. The molecule has 0 atom stereocenters. The summed E-state index contributed by atoms with van der Waals surface area (Å²) in [6.07, 6.45) is 2.53. The van der Waals surface area contributed by atoms with E-state index in [4.69, 9.17) is 9.88 Å². The average Bonchev–Trinajstić information content (AvgIpc) is 2.79. The molecule has 1 fully saturated rings. The Bertz CT molecular complexity index is 555. The van der Waals surface area contributed by atoms with Crippen molar-refractivity contribution in [1.82, 2.24) is 4.90 Å². The van der Waals surface area contributed by atoms with Gasteiger partial charge in [0.05, 0.1) is 4.90 Å². The Labute approximate surface area is 120 Å². The summed E-state index contributed by atoms with van der Waals surface area (Å²) in [4.78, 5) is 2.57. The van der Waals surface area contributed by atoms with Gasteiger partial charge in [0.2, 0.25) is 10.0 Å². The summed E-state index contributed by atoms with van der Waals surface area (Å²) in [5.41, 5.74) is 1.26. The van der Waals surface area contributed by atoms with Crippen LogP contribution in [0.1, 0.15) is 24.0 Å². The smallest absolute Gasteiger partial charge is 0.238 e. The van der Waals surface area contributed by atoms with E-state index >= 15 is 0 Å². The van der Waals surface area contributed by atoms with Gasteiger partial charge < -0.3 is 4.74 Å². The second kappa shape index (κ2) is 6.11. The van der Waals surface area contributed by atoms with Crippen LogP contribution in [0.15, 0.2) is 17.0 Å². The molecule has 1 aliphatic rings. The Morgan fingerprint density at radius 1 is 1.20 bits per heavy atom. The molecule has 2 N–H and O–H groups in total. The van der Waals surface area contributed by atoms with Crippen molar-refractivity contribution in [2.24, 2.45) is 5.14 Å². The molecule has 1 saturated heterocycles. The van der Waals surface area contributed by atoms with E-state index < -0.39 is 10.0 Å². The fourth-order valence-corrected chi connectivity index (χ4v) is 3.76. The molecule has 0 saturated carbocycles. The van der Waals surface area contributed by atoms with Gasteiger partial charge in [-0.3, -0.25) is 4.90 Å². The van der Waals surface area contributed by atoms with Crippen LogP contribution >= 0.6 is 0 Å². The molecule has 0 amide bonds. The number of rotatable bonds is 5. The van der Waals surface area contributed by atoms with Crippen LogP contribution in [0.25, 0.3) is 0 Å². The molecule has 6 heteroatoms. The second-order valence-corrected chi connectivity index (χ2v) is 6.83. The lowest BCUT2D eigenvalue weighted by Crippen LogP contribution is -2.25. The number of primary sulfonamides is 1. The number of ether oxygens (including phenoxy) is 1. The summed E-state index contributed by atoms with van der Waals surface area (Å²) in [5, 5.41) is 5.22. The first kappa shape index (κ1) is 15.3. The zero-order valence-electron chi connectivity index (χ0n) is 12.1. The highest BCUT2D eigenvalue weighted by atomic mass is 32.2. The van der Waals surface area contributed by atoms with E-state index in [1.807, 2.05) is 0 Å². The Balaban J connectivity index is 2.02. The summed E-state index contributed by atoms with van der Waals surface area (Å²) in [7, 11) is -3.68. The first-order chi connectivity index (χ1) is 9.38. The van der Waals surface area contributed by atoms with Crippen molar-refractivity contribution in [3.8, 4) is 5.75 Å². The average molecular weight is 298 g/mol. The van der Waals surface area contributed by atoms with Gasteiger partial charge in [-0.2, -0.15) is 0 Å². The quantitative estimate of drug-likeness (QED) is 0.892. The van der Waals surface area contributed by atoms with E-state index in [2.05, 4.69) is 4.90 Å². The molecule has 0 spiro atoms. The highest BCUT2D eigenvalue weighted by molar-refractivity contribution is 7.89. The second-order valence-electron chi connectivity index (χ2n) is 5.33. The molecular formula is C14H22N2O3S. The van der Waals surface area contributed by atoms with Gasteiger partial charge in [-0.25, -0.2) is 13.6 Å². The van der Waals surface area contributed by atoms with Crippen LogP contribution in [0.4, 0.5) is 0 Å². The summed E-state index contributed by atoms with van der Waals surface area (Å²) in [6, 6.07) is 3.47. The van der Waals surface area contributed by atoms with Crippen LogP contribution in [0.3, 0.4) is 0 Å². The van der Waals surface area contributed by atoms with Crippen molar-refractivity contribution in [3.05, 3.63) is 23.3 Å². The number of aryl methyl sites for hydroxylation is 2. The summed E-state index contributed by atoms with van der Waals surface area (Å²) < 4.78 is 28.7. The lowest BCUT2D eigenvalue weighted by atomic mass is 10.1. The van der Waals surface area contributed by atoms with E-state index in [9.17, 15) is 8.42 Å². The van der Waals surface area contributed by atoms with E-state index in [1.165, 1.54) is 12.8 Å². The van der Waals surface area contributed by atoms with E-state index in [0.29, 0.717) is 23.5 Å². The SMILES string of the molecule is Cc1cc(OCCN2CCCC2)cc(C)c1S(N)(=O)=O. The van der Waals surface area contributed by atoms with Crippen LogP contribution in [0.2, 0.25) is 0 Å². The van der Waals surface area contributed by atoms with E-state index in [0.717, 1.165) is 19.6 Å². The minimum absolute atomic E-state index is 0.199. The van der Waals surface area contributed by atoms with Gasteiger partial charge in [-0.1, -0.05) is 0 Å². The van der Waals surface area contributed by atoms with Crippen LogP contribution in [0, 0.1) is 13.8 Å². The maximum Gasteiger partial charge on any atom is 0.238 e. The largest absolute Gasteiger partial charge is 0.492 e. The summed E-state index contributed by atoms with van der Waals surface area (Å²) in [5.74, 6) is 0.701. The molecule has 112 valence electrons. The van der Waals surface area contributed by atoms with Crippen LogP contribution in [0.5, 0.6) is 5.75 Å². The van der Waals surface area contributed by atoms with Crippen LogP contribution in [-0.2, 0) is 10.0 Å². The number of sulfonamides is 1. The molecule has 20 heavy (non-hydrogen) atoms. The molecule has 2 rings (SSSR count). The third kappa shape index (κ3) is 3.71. The maximum absolute atomic E-state index is 11.5. The Morgan fingerprint density at radius 2 is 1.75 bits per heavy atom. The monoisotopic (exact) mass is 298 g/mol. The fourth-order valence-electron chi connectivity index (χ4n) is 2.74. The third-order valence-corrected chi connectivity index (χ3v) is 4.81. The lowest BCUT2D eigenvalue weighted by molar-refractivity contribution is 0.237. The van der Waals surface area contributed by atoms with Crippen molar-refractivity contribution in [1.29, 1.82) is 0 Å².